The van der Waals surface area contributed by atoms with Crippen LogP contribution in [0.3, 0.4) is 0 Å². The first-order valence-electron chi connectivity index (χ1n) is 15.1. The number of nitriles is 1. The zero-order valence-corrected chi connectivity index (χ0v) is 24.8. The van der Waals surface area contributed by atoms with Crippen LogP contribution in [-0.2, 0) is 13.0 Å². The van der Waals surface area contributed by atoms with Gasteiger partial charge in [0.05, 0.1) is 41.6 Å². The van der Waals surface area contributed by atoms with E-state index in [4.69, 9.17) is 26.3 Å². The molecule has 1 unspecified atom stereocenters. The molecule has 0 amide bonds. The van der Waals surface area contributed by atoms with Gasteiger partial charge in [0.25, 0.3) is 0 Å². The van der Waals surface area contributed by atoms with Gasteiger partial charge in [0.2, 0.25) is 0 Å². The van der Waals surface area contributed by atoms with Crippen LogP contribution in [0.5, 0.6) is 6.01 Å². The van der Waals surface area contributed by atoms with E-state index >= 15 is 0 Å². The first kappa shape index (κ1) is 27.4. The maximum absolute atomic E-state index is 14.5. The van der Waals surface area contributed by atoms with Crippen LogP contribution >= 0.6 is 11.6 Å². The lowest BCUT2D eigenvalue weighted by Gasteiger charge is -2.32. The molecule has 0 radical (unpaired) electrons. The van der Waals surface area contributed by atoms with Crippen molar-refractivity contribution < 1.29 is 13.7 Å². The Balaban J connectivity index is 1.24. The standard InChI is InChI=1S/C32H36ClFN7O/c1-38(17-22-9-15-39(18-22)21-35)30-24-10-16-40(27-6-2-5-23-7-8-25(34)29(33)28(23)27)19-26(24)36-31(37-30)42-20-32-11-3-13-41(32)14-4-12-32/h2,5-8,17,22H,3-4,9-16,18-20H2,1H3/q+1. The van der Waals surface area contributed by atoms with E-state index in [0.717, 1.165) is 91.9 Å². The molecule has 3 aromatic rings. The number of fused-ring (bicyclic) bond motifs is 3. The molecule has 10 heteroatoms. The predicted molar refractivity (Wildman–Crippen MR) is 161 cm³/mol. The van der Waals surface area contributed by atoms with Gasteiger partial charge >= 0.3 is 11.8 Å². The summed E-state index contributed by atoms with van der Waals surface area (Å²) in [6, 6.07) is 9.57. The van der Waals surface area contributed by atoms with Crippen LogP contribution in [0, 0.1) is 23.2 Å². The van der Waals surface area contributed by atoms with Crippen LogP contribution < -0.4 is 9.64 Å². The molecule has 3 saturated heterocycles. The summed E-state index contributed by atoms with van der Waals surface area (Å²) in [5, 5.41) is 11.1. The van der Waals surface area contributed by atoms with Crippen molar-refractivity contribution in [3.8, 4) is 12.2 Å². The predicted octanol–water partition coefficient (Wildman–Crippen LogP) is 5.14. The molecule has 4 aliphatic rings. The molecule has 0 aliphatic carbocycles. The summed E-state index contributed by atoms with van der Waals surface area (Å²) in [6.07, 6.45) is 10.9. The topological polar surface area (TPSA) is 71.5 Å². The van der Waals surface area contributed by atoms with E-state index in [0.29, 0.717) is 19.2 Å². The zero-order chi connectivity index (χ0) is 28.8. The number of hydrogen-bond donors (Lipinski definition) is 0. The minimum atomic E-state index is -0.416. The molecule has 0 saturated carbocycles. The molecule has 8 nitrogen and oxygen atoms in total. The molecule has 1 atom stereocenters. The lowest BCUT2D eigenvalue weighted by atomic mass is 9.95. The normalized spacial score (nSPS) is 22.0. The van der Waals surface area contributed by atoms with Gasteiger partial charge in [0.1, 0.15) is 12.4 Å². The fourth-order valence-electron chi connectivity index (χ4n) is 7.55. The smallest absolute Gasteiger partial charge is 0.434 e. The maximum Gasteiger partial charge on any atom is 0.434 e. The average molecular weight is 589 g/mol. The molecule has 5 heterocycles. The number of ether oxygens (including phenoxy) is 1. The van der Waals surface area contributed by atoms with Gasteiger partial charge in [0, 0.05) is 48.0 Å². The van der Waals surface area contributed by atoms with E-state index < -0.39 is 5.82 Å². The van der Waals surface area contributed by atoms with E-state index in [2.05, 4.69) is 26.8 Å². The lowest BCUT2D eigenvalue weighted by Crippen LogP contribution is -2.43. The number of benzene rings is 2. The van der Waals surface area contributed by atoms with Gasteiger partial charge in [-0.05, 0) is 62.7 Å². The first-order chi connectivity index (χ1) is 20.4. The summed E-state index contributed by atoms with van der Waals surface area (Å²) in [4.78, 5) is 16.6. The van der Waals surface area contributed by atoms with Crippen molar-refractivity contribution in [2.24, 2.45) is 5.92 Å². The largest absolute Gasteiger partial charge is 0.443 e. The Hall–Kier alpha value is -3.48. The Morgan fingerprint density at radius 3 is 2.79 bits per heavy atom. The SMILES string of the molecule is C[N+](=CC1CCN(C#N)C1)c1nc(OCC23CCCN2CCC3)nc2c1CCN(c1cccc3ccc(F)c(Cl)c13)C2. The van der Waals surface area contributed by atoms with E-state index in [-0.39, 0.29) is 16.5 Å². The van der Waals surface area contributed by atoms with Crippen molar-refractivity contribution in [2.75, 3.05) is 51.3 Å². The average Bonchev–Trinajstić information content (AvgIpc) is 3.73. The van der Waals surface area contributed by atoms with Crippen molar-refractivity contribution in [3.63, 3.8) is 0 Å². The Morgan fingerprint density at radius 1 is 1.17 bits per heavy atom. The van der Waals surface area contributed by atoms with Crippen LogP contribution in [0.25, 0.3) is 10.8 Å². The van der Waals surface area contributed by atoms with Crippen LogP contribution in [0.1, 0.15) is 43.4 Å². The number of hydrogen-bond acceptors (Lipinski definition) is 7. The van der Waals surface area contributed by atoms with E-state index in [9.17, 15) is 9.65 Å². The number of anilines is 1. The molecule has 7 rings (SSSR count). The van der Waals surface area contributed by atoms with Gasteiger partial charge in [-0.25, -0.2) is 8.97 Å². The van der Waals surface area contributed by atoms with E-state index in [1.165, 1.54) is 18.9 Å². The van der Waals surface area contributed by atoms with Crippen molar-refractivity contribution in [1.29, 1.82) is 5.26 Å². The summed E-state index contributed by atoms with van der Waals surface area (Å²) in [5.74, 6) is 0.724. The highest BCUT2D eigenvalue weighted by Crippen LogP contribution is 2.40. The second kappa shape index (κ2) is 11.0. The molecule has 42 heavy (non-hydrogen) atoms. The summed E-state index contributed by atoms with van der Waals surface area (Å²) in [7, 11) is 2.04. The van der Waals surface area contributed by atoms with Crippen molar-refractivity contribution in [2.45, 2.75) is 50.6 Å². The minimum absolute atomic E-state index is 0.0951. The van der Waals surface area contributed by atoms with Gasteiger partial charge in [0.15, 0.2) is 6.19 Å². The third-order valence-electron chi connectivity index (χ3n) is 9.69. The molecule has 218 valence electrons. The summed E-state index contributed by atoms with van der Waals surface area (Å²) >= 11 is 6.51. The van der Waals surface area contributed by atoms with Gasteiger partial charge < -0.3 is 14.5 Å². The first-order valence-corrected chi connectivity index (χ1v) is 15.4. The van der Waals surface area contributed by atoms with E-state index in [1.807, 2.05) is 30.1 Å². The van der Waals surface area contributed by atoms with Crippen LogP contribution in [-0.4, -0.2) is 82.5 Å². The highest BCUT2D eigenvalue weighted by atomic mass is 35.5. The molecule has 0 N–H and O–H groups in total. The molecule has 0 bridgehead atoms. The minimum Gasteiger partial charge on any atom is -0.443 e. The molecule has 4 aliphatic heterocycles. The van der Waals surface area contributed by atoms with Gasteiger partial charge in [-0.2, -0.15) is 10.2 Å². The number of aromatic nitrogens is 2. The zero-order valence-electron chi connectivity index (χ0n) is 24.0. The molecular formula is C32H36ClFN7O+. The number of rotatable bonds is 6. The van der Waals surface area contributed by atoms with Crippen molar-refractivity contribution in [3.05, 3.63) is 52.4 Å². The lowest BCUT2D eigenvalue weighted by molar-refractivity contribution is -0.407. The second-order valence-corrected chi connectivity index (χ2v) is 12.6. The Labute approximate surface area is 251 Å². The Morgan fingerprint density at radius 2 is 2.00 bits per heavy atom. The summed E-state index contributed by atoms with van der Waals surface area (Å²) in [5.41, 5.74) is 3.02. The molecule has 3 fully saturated rings. The Bertz CT molecular complexity index is 1590. The number of nitrogens with zero attached hydrogens (tertiary/aromatic N) is 7. The molecular weight excluding hydrogens is 553 g/mol. The highest BCUT2D eigenvalue weighted by molar-refractivity contribution is 6.36. The van der Waals surface area contributed by atoms with Crippen molar-refractivity contribution >= 4 is 40.1 Å². The monoisotopic (exact) mass is 588 g/mol. The maximum atomic E-state index is 14.5. The van der Waals surface area contributed by atoms with Crippen LogP contribution in [0.15, 0.2) is 30.3 Å². The summed E-state index contributed by atoms with van der Waals surface area (Å²) < 4.78 is 23.1. The van der Waals surface area contributed by atoms with Crippen LogP contribution in [0.2, 0.25) is 5.02 Å². The van der Waals surface area contributed by atoms with Gasteiger partial charge in [-0.1, -0.05) is 29.8 Å². The number of likely N-dealkylation sites (tertiary alicyclic amines) is 1. The van der Waals surface area contributed by atoms with Crippen molar-refractivity contribution in [1.82, 2.24) is 19.8 Å². The Kier molecular flexibility index (Phi) is 7.15. The van der Waals surface area contributed by atoms with Gasteiger partial charge in [-0.15, -0.1) is 0 Å². The van der Waals surface area contributed by atoms with Gasteiger partial charge in [-0.3, -0.25) is 4.90 Å². The molecule has 2 aromatic carbocycles. The fraction of sp³-hybridized carbons (Fsp3) is 0.500. The molecule has 1 aromatic heterocycles. The third-order valence-corrected chi connectivity index (χ3v) is 10.1. The second-order valence-electron chi connectivity index (χ2n) is 12.2. The third kappa shape index (κ3) is 4.84. The summed E-state index contributed by atoms with van der Waals surface area (Å²) in [6.45, 7) is 5.66. The number of halogens is 2. The van der Waals surface area contributed by atoms with E-state index in [1.54, 1.807) is 6.07 Å². The fourth-order valence-corrected chi connectivity index (χ4v) is 7.82. The quantitative estimate of drug-likeness (QED) is 0.224. The molecule has 0 spiro atoms. The highest BCUT2D eigenvalue weighted by Gasteiger charge is 2.45. The van der Waals surface area contributed by atoms with Crippen LogP contribution in [0.4, 0.5) is 15.9 Å².